The molecule has 0 bridgehead atoms. The summed E-state index contributed by atoms with van der Waals surface area (Å²) in [6.45, 7) is 0. The van der Waals surface area contributed by atoms with Crippen LogP contribution < -0.4 is 4.74 Å². The maximum atomic E-state index is 5.27. The average Bonchev–Trinajstić information content (AvgIpc) is 3.11. The monoisotopic (exact) mass is 250 g/mol. The van der Waals surface area contributed by atoms with Crippen LogP contribution in [-0.2, 0) is 0 Å². The Morgan fingerprint density at radius 2 is 2.00 bits per heavy atom. The van der Waals surface area contributed by atoms with Crippen LogP contribution in [0, 0.1) is 5.92 Å². The molecule has 2 unspecified atom stereocenters. The number of allylic oxidation sites excluding steroid dienone is 6. The first kappa shape index (κ1) is 11.1. The third-order valence-electron chi connectivity index (χ3n) is 4.82. The molecule has 4 rings (SSSR count). The van der Waals surface area contributed by atoms with E-state index < -0.39 is 0 Å². The zero-order chi connectivity index (χ0) is 12.8. The van der Waals surface area contributed by atoms with E-state index >= 15 is 0 Å². The Balaban J connectivity index is 1.76. The first-order valence-corrected chi connectivity index (χ1v) is 7.14. The van der Waals surface area contributed by atoms with E-state index in [-0.39, 0.29) is 0 Å². The van der Waals surface area contributed by atoms with Crippen molar-refractivity contribution in [2.24, 2.45) is 5.92 Å². The van der Waals surface area contributed by atoms with Gasteiger partial charge in [0.1, 0.15) is 5.75 Å². The lowest BCUT2D eigenvalue weighted by molar-refractivity contribution is 0.414. The van der Waals surface area contributed by atoms with Gasteiger partial charge >= 0.3 is 0 Å². The Labute approximate surface area is 114 Å². The van der Waals surface area contributed by atoms with E-state index in [0.29, 0.717) is 5.92 Å². The highest BCUT2D eigenvalue weighted by Crippen LogP contribution is 2.55. The molecule has 3 aliphatic carbocycles. The third kappa shape index (κ3) is 1.54. The topological polar surface area (TPSA) is 9.23 Å². The minimum atomic E-state index is 0.577. The molecule has 1 aromatic rings. The highest BCUT2D eigenvalue weighted by atomic mass is 16.5. The van der Waals surface area contributed by atoms with Crippen molar-refractivity contribution >= 4 is 0 Å². The zero-order valence-corrected chi connectivity index (χ0v) is 11.2. The van der Waals surface area contributed by atoms with Gasteiger partial charge in [0.15, 0.2) is 0 Å². The molecule has 0 spiro atoms. The minimum absolute atomic E-state index is 0.577. The fraction of sp³-hybridized carbons (Fsp3) is 0.333. The van der Waals surface area contributed by atoms with Gasteiger partial charge in [-0.25, -0.2) is 0 Å². The Kier molecular flexibility index (Phi) is 2.41. The molecule has 19 heavy (non-hydrogen) atoms. The second-order valence-electron chi connectivity index (χ2n) is 5.67. The van der Waals surface area contributed by atoms with Crippen molar-refractivity contribution in [1.82, 2.24) is 0 Å². The van der Waals surface area contributed by atoms with Crippen LogP contribution in [0.2, 0.25) is 0 Å². The van der Waals surface area contributed by atoms with Gasteiger partial charge < -0.3 is 4.74 Å². The van der Waals surface area contributed by atoms with Gasteiger partial charge in [-0.2, -0.15) is 0 Å². The molecule has 0 heterocycles. The number of hydrogen-bond donors (Lipinski definition) is 0. The SMILES string of the molecule is COc1ccc(C2C3=CC=CC3=C3CCCC32)cc1. The fourth-order valence-corrected chi connectivity index (χ4v) is 4.01. The van der Waals surface area contributed by atoms with Crippen molar-refractivity contribution in [3.05, 3.63) is 64.8 Å². The predicted octanol–water partition coefficient (Wildman–Crippen LogP) is 4.39. The van der Waals surface area contributed by atoms with Gasteiger partial charge in [-0.3, -0.25) is 0 Å². The smallest absolute Gasteiger partial charge is 0.118 e. The van der Waals surface area contributed by atoms with Gasteiger partial charge in [-0.15, -0.1) is 0 Å². The van der Waals surface area contributed by atoms with Gasteiger partial charge in [0.2, 0.25) is 0 Å². The Hall–Kier alpha value is -1.76. The molecular weight excluding hydrogens is 232 g/mol. The molecule has 1 aromatic carbocycles. The fourth-order valence-electron chi connectivity index (χ4n) is 4.01. The second kappa shape index (κ2) is 4.12. The van der Waals surface area contributed by atoms with Crippen LogP contribution in [0.1, 0.15) is 30.7 Å². The van der Waals surface area contributed by atoms with Crippen LogP contribution in [0.5, 0.6) is 5.75 Å². The molecule has 0 aromatic heterocycles. The molecule has 1 heteroatoms. The summed E-state index contributed by atoms with van der Waals surface area (Å²) in [5, 5.41) is 0. The Morgan fingerprint density at radius 1 is 1.16 bits per heavy atom. The predicted molar refractivity (Wildman–Crippen MR) is 77.3 cm³/mol. The minimum Gasteiger partial charge on any atom is -0.497 e. The molecule has 1 fully saturated rings. The molecule has 2 atom stereocenters. The van der Waals surface area contributed by atoms with E-state index in [1.165, 1.54) is 24.8 Å². The van der Waals surface area contributed by atoms with Gasteiger partial charge in [-0.05, 0) is 54.0 Å². The van der Waals surface area contributed by atoms with Gasteiger partial charge in [0.05, 0.1) is 7.11 Å². The summed E-state index contributed by atoms with van der Waals surface area (Å²) in [6.07, 6.45) is 10.8. The van der Waals surface area contributed by atoms with Crippen molar-refractivity contribution in [1.29, 1.82) is 0 Å². The summed E-state index contributed by atoms with van der Waals surface area (Å²) in [5.74, 6) is 2.27. The largest absolute Gasteiger partial charge is 0.497 e. The normalized spacial score (nSPS) is 27.5. The summed E-state index contributed by atoms with van der Waals surface area (Å²) in [7, 11) is 1.72. The highest BCUT2D eigenvalue weighted by molar-refractivity contribution is 5.62. The molecule has 96 valence electrons. The number of ether oxygens (including phenoxy) is 1. The highest BCUT2D eigenvalue weighted by Gasteiger charge is 2.41. The lowest BCUT2D eigenvalue weighted by Gasteiger charge is -2.20. The standard InChI is InChI=1S/C18H18O/c1-19-13-10-8-12(9-11-13)18-16-6-2-4-14(16)15-5-3-7-17(15)18/h2,4,6,8-11,17-18H,3,5,7H2,1H3. The van der Waals surface area contributed by atoms with Crippen molar-refractivity contribution < 1.29 is 4.74 Å². The van der Waals surface area contributed by atoms with Crippen LogP contribution in [0.3, 0.4) is 0 Å². The van der Waals surface area contributed by atoms with E-state index in [1.54, 1.807) is 23.8 Å². The molecule has 0 saturated heterocycles. The molecule has 1 nitrogen and oxygen atoms in total. The number of rotatable bonds is 2. The number of methoxy groups -OCH3 is 1. The first-order valence-electron chi connectivity index (χ1n) is 7.14. The summed E-state index contributed by atoms with van der Waals surface area (Å²) in [4.78, 5) is 0. The number of benzene rings is 1. The maximum Gasteiger partial charge on any atom is 0.118 e. The van der Waals surface area contributed by atoms with Gasteiger partial charge in [0.25, 0.3) is 0 Å². The van der Waals surface area contributed by atoms with Gasteiger partial charge in [0, 0.05) is 5.92 Å². The van der Waals surface area contributed by atoms with Crippen molar-refractivity contribution in [3.63, 3.8) is 0 Å². The van der Waals surface area contributed by atoms with E-state index in [1.807, 2.05) is 0 Å². The molecular formula is C18H18O. The van der Waals surface area contributed by atoms with Crippen LogP contribution in [-0.4, -0.2) is 7.11 Å². The van der Waals surface area contributed by atoms with Crippen LogP contribution >= 0.6 is 0 Å². The average molecular weight is 250 g/mol. The molecule has 3 aliphatic rings. The van der Waals surface area contributed by atoms with E-state index in [4.69, 9.17) is 4.74 Å². The summed E-state index contributed by atoms with van der Waals surface area (Å²) in [5.41, 5.74) is 6.24. The maximum absolute atomic E-state index is 5.27. The van der Waals surface area contributed by atoms with Gasteiger partial charge in [-0.1, -0.05) is 35.9 Å². The number of hydrogen-bond acceptors (Lipinski definition) is 1. The Bertz CT molecular complexity index is 601. The molecule has 0 amide bonds. The zero-order valence-electron chi connectivity index (χ0n) is 11.2. The summed E-state index contributed by atoms with van der Waals surface area (Å²) >= 11 is 0. The van der Waals surface area contributed by atoms with Crippen molar-refractivity contribution in [2.45, 2.75) is 25.2 Å². The lowest BCUT2D eigenvalue weighted by Crippen LogP contribution is -2.07. The van der Waals surface area contributed by atoms with Crippen LogP contribution in [0.4, 0.5) is 0 Å². The van der Waals surface area contributed by atoms with E-state index in [2.05, 4.69) is 42.5 Å². The molecule has 0 aliphatic heterocycles. The molecule has 0 radical (unpaired) electrons. The van der Waals surface area contributed by atoms with E-state index in [0.717, 1.165) is 11.7 Å². The van der Waals surface area contributed by atoms with Crippen molar-refractivity contribution in [2.75, 3.05) is 7.11 Å². The van der Waals surface area contributed by atoms with Crippen LogP contribution in [0.25, 0.3) is 0 Å². The second-order valence-corrected chi connectivity index (χ2v) is 5.67. The Morgan fingerprint density at radius 3 is 2.79 bits per heavy atom. The van der Waals surface area contributed by atoms with Crippen LogP contribution in [0.15, 0.2) is 59.2 Å². The summed E-state index contributed by atoms with van der Waals surface area (Å²) < 4.78 is 5.27. The van der Waals surface area contributed by atoms with E-state index in [9.17, 15) is 0 Å². The number of fused-ring (bicyclic) bond motifs is 2. The lowest BCUT2D eigenvalue weighted by atomic mass is 9.83. The molecule has 0 N–H and O–H groups in total. The third-order valence-corrected chi connectivity index (χ3v) is 4.82. The quantitative estimate of drug-likeness (QED) is 0.756. The first-order chi connectivity index (χ1) is 9.38. The summed E-state index contributed by atoms with van der Waals surface area (Å²) in [6, 6.07) is 8.65. The van der Waals surface area contributed by atoms with Crippen molar-refractivity contribution in [3.8, 4) is 5.75 Å². The molecule has 1 saturated carbocycles.